The molecule has 0 spiro atoms. The van der Waals surface area contributed by atoms with Gasteiger partial charge in [0.2, 0.25) is 6.79 Å². The number of thiocarbonyl (C=S) groups is 1. The summed E-state index contributed by atoms with van der Waals surface area (Å²) in [5, 5.41) is 0. The molecule has 5 nitrogen and oxygen atoms in total. The molecule has 2 aliphatic rings. The second-order valence-corrected chi connectivity index (χ2v) is 6.64. The lowest BCUT2D eigenvalue weighted by Crippen LogP contribution is -2.27. The predicted octanol–water partition coefficient (Wildman–Crippen LogP) is 3.41. The maximum Gasteiger partial charge on any atom is 0.266 e. The Kier molecular flexibility index (Phi) is 3.59. The van der Waals surface area contributed by atoms with E-state index in [0.29, 0.717) is 33.0 Å². The molecule has 1 amide bonds. The highest BCUT2D eigenvalue weighted by atomic mass is 32.2. The van der Waals surface area contributed by atoms with Crippen LogP contribution in [-0.2, 0) is 11.3 Å². The maximum absolute atomic E-state index is 12.5. The zero-order valence-electron chi connectivity index (χ0n) is 11.9. The molecule has 2 aromatic rings. The molecule has 23 heavy (non-hydrogen) atoms. The van der Waals surface area contributed by atoms with Crippen LogP contribution in [0.2, 0.25) is 0 Å². The van der Waals surface area contributed by atoms with Crippen molar-refractivity contribution < 1.29 is 18.7 Å². The summed E-state index contributed by atoms with van der Waals surface area (Å²) in [6.45, 7) is 0.570. The van der Waals surface area contributed by atoms with Gasteiger partial charge in [0.05, 0.1) is 17.7 Å². The SMILES string of the molecule is O=C1/C(=C/c2ccc3c(c2)OCO3)SC(=S)N1Cc1ccco1. The van der Waals surface area contributed by atoms with Gasteiger partial charge in [-0.25, -0.2) is 0 Å². The third-order valence-corrected chi connectivity index (χ3v) is 4.84. The summed E-state index contributed by atoms with van der Waals surface area (Å²) in [7, 11) is 0. The lowest BCUT2D eigenvalue weighted by Gasteiger charge is -2.11. The van der Waals surface area contributed by atoms with Crippen LogP contribution >= 0.6 is 24.0 Å². The minimum Gasteiger partial charge on any atom is -0.467 e. The van der Waals surface area contributed by atoms with E-state index in [9.17, 15) is 4.79 Å². The lowest BCUT2D eigenvalue weighted by atomic mass is 10.2. The lowest BCUT2D eigenvalue weighted by molar-refractivity contribution is -0.122. The van der Waals surface area contributed by atoms with Crippen LogP contribution in [0, 0.1) is 0 Å². The topological polar surface area (TPSA) is 51.9 Å². The quantitative estimate of drug-likeness (QED) is 0.628. The summed E-state index contributed by atoms with van der Waals surface area (Å²) >= 11 is 6.59. The molecular weight excluding hydrogens is 334 g/mol. The first-order chi connectivity index (χ1) is 11.2. The van der Waals surface area contributed by atoms with Gasteiger partial charge in [-0.15, -0.1) is 0 Å². The molecule has 0 N–H and O–H groups in total. The van der Waals surface area contributed by atoms with E-state index in [2.05, 4.69) is 0 Å². The Hall–Kier alpha value is -2.25. The molecule has 7 heteroatoms. The number of hydrogen-bond donors (Lipinski definition) is 0. The summed E-state index contributed by atoms with van der Waals surface area (Å²) < 4.78 is 16.4. The molecular formula is C16H11NO4S2. The number of nitrogens with zero attached hydrogens (tertiary/aromatic N) is 1. The fourth-order valence-electron chi connectivity index (χ4n) is 2.35. The Morgan fingerprint density at radius 3 is 2.96 bits per heavy atom. The van der Waals surface area contributed by atoms with Crippen LogP contribution in [0.5, 0.6) is 11.5 Å². The normalized spacial score (nSPS) is 18.3. The summed E-state index contributed by atoms with van der Waals surface area (Å²) in [5.41, 5.74) is 0.868. The fourth-order valence-corrected chi connectivity index (χ4v) is 3.60. The summed E-state index contributed by atoms with van der Waals surface area (Å²) in [6, 6.07) is 9.17. The van der Waals surface area contributed by atoms with Crippen molar-refractivity contribution in [1.82, 2.24) is 4.90 Å². The van der Waals surface area contributed by atoms with Crippen LogP contribution in [0.15, 0.2) is 45.9 Å². The minimum atomic E-state index is -0.117. The first-order valence-electron chi connectivity index (χ1n) is 6.88. The second-order valence-electron chi connectivity index (χ2n) is 4.96. The van der Waals surface area contributed by atoms with E-state index in [1.54, 1.807) is 12.3 Å². The van der Waals surface area contributed by atoms with Crippen molar-refractivity contribution in [2.75, 3.05) is 6.79 Å². The number of rotatable bonds is 3. The van der Waals surface area contributed by atoms with E-state index >= 15 is 0 Å². The maximum atomic E-state index is 12.5. The number of fused-ring (bicyclic) bond motifs is 1. The molecule has 0 unspecified atom stereocenters. The largest absolute Gasteiger partial charge is 0.467 e. The smallest absolute Gasteiger partial charge is 0.266 e. The molecule has 1 aromatic heterocycles. The van der Waals surface area contributed by atoms with E-state index in [1.165, 1.54) is 16.7 Å². The Bertz CT molecular complexity index is 813. The number of thioether (sulfide) groups is 1. The van der Waals surface area contributed by atoms with E-state index in [-0.39, 0.29) is 12.7 Å². The van der Waals surface area contributed by atoms with Crippen molar-refractivity contribution in [3.8, 4) is 11.5 Å². The fraction of sp³-hybridized carbons (Fsp3) is 0.125. The van der Waals surface area contributed by atoms with Crippen LogP contribution in [0.1, 0.15) is 11.3 Å². The van der Waals surface area contributed by atoms with Gasteiger partial charge in [0, 0.05) is 0 Å². The van der Waals surface area contributed by atoms with Crippen LogP contribution in [0.3, 0.4) is 0 Å². The minimum absolute atomic E-state index is 0.117. The van der Waals surface area contributed by atoms with Crippen molar-refractivity contribution in [1.29, 1.82) is 0 Å². The molecule has 3 heterocycles. The van der Waals surface area contributed by atoms with Crippen molar-refractivity contribution in [3.63, 3.8) is 0 Å². The molecule has 0 atom stereocenters. The third kappa shape index (κ3) is 2.73. The highest BCUT2D eigenvalue weighted by molar-refractivity contribution is 8.26. The zero-order valence-corrected chi connectivity index (χ0v) is 13.5. The van der Waals surface area contributed by atoms with Crippen molar-refractivity contribution in [2.24, 2.45) is 0 Å². The Morgan fingerprint density at radius 2 is 2.13 bits per heavy atom. The molecule has 2 aliphatic heterocycles. The van der Waals surface area contributed by atoms with Gasteiger partial charge in [0.1, 0.15) is 10.1 Å². The van der Waals surface area contributed by atoms with Gasteiger partial charge in [-0.3, -0.25) is 9.69 Å². The van der Waals surface area contributed by atoms with Gasteiger partial charge >= 0.3 is 0 Å². The number of carbonyl (C=O) groups is 1. The number of benzene rings is 1. The van der Waals surface area contributed by atoms with Crippen molar-refractivity contribution >= 4 is 40.3 Å². The Labute approximate surface area is 141 Å². The molecule has 116 valence electrons. The Morgan fingerprint density at radius 1 is 1.26 bits per heavy atom. The monoisotopic (exact) mass is 345 g/mol. The van der Waals surface area contributed by atoms with Crippen molar-refractivity contribution in [2.45, 2.75) is 6.54 Å². The van der Waals surface area contributed by atoms with Crippen LogP contribution < -0.4 is 9.47 Å². The van der Waals surface area contributed by atoms with Gasteiger partial charge in [-0.1, -0.05) is 30.0 Å². The average Bonchev–Trinajstić information content (AvgIpc) is 3.26. The number of carbonyl (C=O) groups excluding carboxylic acids is 1. The van der Waals surface area contributed by atoms with Crippen molar-refractivity contribution in [3.05, 3.63) is 52.8 Å². The molecule has 4 rings (SSSR count). The standard InChI is InChI=1S/C16H11NO4S2/c18-15-14(7-10-3-4-12-13(6-10)21-9-20-12)23-16(22)17(15)8-11-2-1-5-19-11/h1-7H,8-9H2/b14-7-. The van der Waals surface area contributed by atoms with E-state index < -0.39 is 0 Å². The molecule has 0 radical (unpaired) electrons. The van der Waals surface area contributed by atoms with Crippen LogP contribution in [0.25, 0.3) is 6.08 Å². The summed E-state index contributed by atoms with van der Waals surface area (Å²) in [6.07, 6.45) is 3.39. The first kappa shape index (κ1) is 14.3. The molecule has 1 aromatic carbocycles. The van der Waals surface area contributed by atoms with Gasteiger partial charge in [0.25, 0.3) is 5.91 Å². The third-order valence-electron chi connectivity index (χ3n) is 3.46. The molecule has 1 fully saturated rings. The Balaban J connectivity index is 1.57. The molecule has 1 saturated heterocycles. The zero-order chi connectivity index (χ0) is 15.8. The van der Waals surface area contributed by atoms with Gasteiger partial charge < -0.3 is 13.9 Å². The number of amides is 1. The van der Waals surface area contributed by atoms with Gasteiger partial charge in [-0.2, -0.15) is 0 Å². The van der Waals surface area contributed by atoms with Gasteiger partial charge in [0.15, 0.2) is 11.5 Å². The molecule has 0 saturated carbocycles. The van der Waals surface area contributed by atoms with Crippen LogP contribution in [-0.4, -0.2) is 21.9 Å². The van der Waals surface area contributed by atoms with E-state index in [0.717, 1.165) is 5.56 Å². The number of hydrogen-bond acceptors (Lipinski definition) is 6. The molecule has 0 aliphatic carbocycles. The first-order valence-corrected chi connectivity index (χ1v) is 8.10. The predicted molar refractivity (Wildman–Crippen MR) is 90.0 cm³/mol. The second kappa shape index (κ2) is 5.75. The summed E-state index contributed by atoms with van der Waals surface area (Å²) in [5.74, 6) is 1.98. The number of furan rings is 1. The summed E-state index contributed by atoms with van der Waals surface area (Å²) in [4.78, 5) is 14.7. The van der Waals surface area contributed by atoms with E-state index in [1.807, 2.05) is 30.3 Å². The highest BCUT2D eigenvalue weighted by Gasteiger charge is 2.32. The van der Waals surface area contributed by atoms with E-state index in [4.69, 9.17) is 26.1 Å². The molecule has 0 bridgehead atoms. The highest BCUT2D eigenvalue weighted by Crippen LogP contribution is 2.36. The number of ether oxygens (including phenoxy) is 2. The average molecular weight is 345 g/mol. The van der Waals surface area contributed by atoms with Crippen LogP contribution in [0.4, 0.5) is 0 Å². The van der Waals surface area contributed by atoms with Gasteiger partial charge in [-0.05, 0) is 35.9 Å².